The Labute approximate surface area is 198 Å². The SMILES string of the molecule is CC(C)c1nc2ccc(C(=O)N(C)C[C@@]3(O)CCCN(c4ccnc5cccnc45)C3)cc2[nH]1. The summed E-state index contributed by atoms with van der Waals surface area (Å²) in [7, 11) is 1.75. The van der Waals surface area contributed by atoms with Gasteiger partial charge < -0.3 is 19.9 Å². The molecule has 1 aromatic carbocycles. The van der Waals surface area contributed by atoms with Crippen LogP contribution in [0.4, 0.5) is 5.69 Å². The van der Waals surface area contributed by atoms with Gasteiger partial charge in [0.1, 0.15) is 11.3 Å². The molecule has 1 aliphatic heterocycles. The van der Waals surface area contributed by atoms with Crippen molar-refractivity contribution in [2.75, 3.05) is 31.6 Å². The standard InChI is InChI=1S/C26H30N6O2/c1-17(2)24-29-19-8-7-18(14-21(19)30-24)25(33)31(3)15-26(34)10-5-13-32(16-26)22-9-12-27-20-6-4-11-28-23(20)22/h4,6-9,11-12,14,17,34H,5,10,13,15-16H2,1-3H3,(H,29,30)/t26-/m0/s1. The highest BCUT2D eigenvalue weighted by Crippen LogP contribution is 2.30. The van der Waals surface area contributed by atoms with Gasteiger partial charge in [-0.1, -0.05) is 13.8 Å². The van der Waals surface area contributed by atoms with Gasteiger partial charge in [0.2, 0.25) is 0 Å². The second-order valence-electron chi connectivity index (χ2n) is 9.62. The van der Waals surface area contributed by atoms with Gasteiger partial charge in [0.05, 0.1) is 34.4 Å². The van der Waals surface area contributed by atoms with Crippen LogP contribution in [0, 0.1) is 0 Å². The molecule has 1 aliphatic rings. The van der Waals surface area contributed by atoms with Gasteiger partial charge in [0.15, 0.2) is 0 Å². The van der Waals surface area contributed by atoms with E-state index in [0.717, 1.165) is 46.5 Å². The molecule has 4 heterocycles. The summed E-state index contributed by atoms with van der Waals surface area (Å²) in [5.74, 6) is 1.07. The van der Waals surface area contributed by atoms with E-state index in [2.05, 4.69) is 38.7 Å². The van der Waals surface area contributed by atoms with Crippen molar-refractivity contribution >= 4 is 33.7 Å². The average molecular weight is 459 g/mol. The quantitative estimate of drug-likeness (QED) is 0.473. The van der Waals surface area contributed by atoms with Crippen molar-refractivity contribution < 1.29 is 9.90 Å². The number of imidazole rings is 1. The van der Waals surface area contributed by atoms with Crippen LogP contribution < -0.4 is 4.90 Å². The largest absolute Gasteiger partial charge is 0.386 e. The summed E-state index contributed by atoms with van der Waals surface area (Å²) < 4.78 is 0. The second kappa shape index (κ2) is 8.68. The molecule has 1 saturated heterocycles. The fourth-order valence-corrected chi connectivity index (χ4v) is 4.84. The highest BCUT2D eigenvalue weighted by molar-refractivity contribution is 5.97. The number of piperidine rings is 1. The molecule has 2 N–H and O–H groups in total. The number of nitrogens with one attached hydrogen (secondary N) is 1. The lowest BCUT2D eigenvalue weighted by molar-refractivity contribution is 0.0000673. The summed E-state index contributed by atoms with van der Waals surface area (Å²) in [6.07, 6.45) is 5.00. The maximum Gasteiger partial charge on any atom is 0.253 e. The normalized spacial score (nSPS) is 18.7. The van der Waals surface area contributed by atoms with Crippen LogP contribution in [0.3, 0.4) is 0 Å². The van der Waals surface area contributed by atoms with Gasteiger partial charge in [-0.3, -0.25) is 14.8 Å². The number of anilines is 1. The number of carbonyl (C=O) groups excluding carboxylic acids is 1. The molecule has 1 fully saturated rings. The number of carbonyl (C=O) groups is 1. The Hall–Kier alpha value is -3.52. The number of nitrogens with zero attached hydrogens (tertiary/aromatic N) is 5. The third kappa shape index (κ3) is 4.21. The first kappa shape index (κ1) is 22.3. The number of H-pyrrole nitrogens is 1. The van der Waals surface area contributed by atoms with E-state index in [1.165, 1.54) is 0 Å². The highest BCUT2D eigenvalue weighted by Gasteiger charge is 2.36. The lowest BCUT2D eigenvalue weighted by Gasteiger charge is -2.42. The first-order chi connectivity index (χ1) is 16.3. The Morgan fingerprint density at radius 1 is 1.21 bits per heavy atom. The minimum atomic E-state index is -1.02. The van der Waals surface area contributed by atoms with Crippen molar-refractivity contribution in [1.82, 2.24) is 24.8 Å². The average Bonchev–Trinajstić information content (AvgIpc) is 3.27. The molecule has 0 bridgehead atoms. The van der Waals surface area contributed by atoms with E-state index in [4.69, 9.17) is 0 Å². The fourth-order valence-electron chi connectivity index (χ4n) is 4.84. The van der Waals surface area contributed by atoms with Crippen molar-refractivity contribution in [2.24, 2.45) is 0 Å². The smallest absolute Gasteiger partial charge is 0.253 e. The maximum absolute atomic E-state index is 13.2. The number of aromatic nitrogens is 4. The van der Waals surface area contributed by atoms with Crippen molar-refractivity contribution in [2.45, 2.75) is 38.2 Å². The van der Waals surface area contributed by atoms with Crippen molar-refractivity contribution in [1.29, 1.82) is 0 Å². The third-order valence-electron chi connectivity index (χ3n) is 6.54. The first-order valence-electron chi connectivity index (χ1n) is 11.8. The summed E-state index contributed by atoms with van der Waals surface area (Å²) in [6.45, 7) is 5.66. The molecule has 0 saturated carbocycles. The molecule has 176 valence electrons. The molecule has 5 rings (SSSR count). The molecule has 3 aromatic heterocycles. The zero-order chi connectivity index (χ0) is 23.9. The molecule has 4 aromatic rings. The Balaban J connectivity index is 1.33. The predicted molar refractivity (Wildman–Crippen MR) is 133 cm³/mol. The number of rotatable bonds is 5. The van der Waals surface area contributed by atoms with Gasteiger partial charge in [-0.05, 0) is 49.2 Å². The Kier molecular flexibility index (Phi) is 5.69. The minimum absolute atomic E-state index is 0.121. The van der Waals surface area contributed by atoms with E-state index in [0.29, 0.717) is 18.5 Å². The van der Waals surface area contributed by atoms with Crippen LogP contribution in [0.25, 0.3) is 22.1 Å². The fraction of sp³-hybridized carbons (Fsp3) is 0.385. The van der Waals surface area contributed by atoms with Gasteiger partial charge in [0, 0.05) is 44.0 Å². The highest BCUT2D eigenvalue weighted by atomic mass is 16.3. The third-order valence-corrected chi connectivity index (χ3v) is 6.54. The first-order valence-corrected chi connectivity index (χ1v) is 11.8. The summed E-state index contributed by atoms with van der Waals surface area (Å²) in [6, 6.07) is 11.3. The van der Waals surface area contributed by atoms with E-state index in [1.807, 2.05) is 30.3 Å². The molecular formula is C26H30N6O2. The lowest BCUT2D eigenvalue weighted by atomic mass is 9.91. The molecule has 34 heavy (non-hydrogen) atoms. The molecule has 0 unspecified atom stereocenters. The molecule has 0 radical (unpaired) electrons. The number of hydrogen-bond acceptors (Lipinski definition) is 6. The minimum Gasteiger partial charge on any atom is -0.386 e. The summed E-state index contributed by atoms with van der Waals surface area (Å²) in [5, 5.41) is 11.5. The molecule has 8 nitrogen and oxygen atoms in total. The lowest BCUT2D eigenvalue weighted by Crippen LogP contribution is -2.54. The number of amides is 1. The Bertz CT molecular complexity index is 1340. The molecule has 0 aliphatic carbocycles. The topological polar surface area (TPSA) is 98.2 Å². The number of hydrogen-bond donors (Lipinski definition) is 2. The molecule has 0 spiro atoms. The van der Waals surface area contributed by atoms with Crippen LogP contribution in [0.1, 0.15) is 48.8 Å². The zero-order valence-electron chi connectivity index (χ0n) is 19.8. The number of aliphatic hydroxyl groups is 1. The Morgan fingerprint density at radius 3 is 2.88 bits per heavy atom. The van der Waals surface area contributed by atoms with Crippen LogP contribution >= 0.6 is 0 Å². The number of aromatic amines is 1. The number of pyridine rings is 2. The van der Waals surface area contributed by atoms with Crippen molar-refractivity contribution in [3.8, 4) is 0 Å². The summed E-state index contributed by atoms with van der Waals surface area (Å²) in [5.41, 5.74) is 3.88. The molecular weight excluding hydrogens is 428 g/mol. The van der Waals surface area contributed by atoms with Crippen LogP contribution in [0.5, 0.6) is 0 Å². The van der Waals surface area contributed by atoms with E-state index >= 15 is 0 Å². The maximum atomic E-state index is 13.2. The van der Waals surface area contributed by atoms with E-state index in [-0.39, 0.29) is 18.4 Å². The number of likely N-dealkylation sites (N-methyl/N-ethyl adjacent to an activating group) is 1. The van der Waals surface area contributed by atoms with Crippen molar-refractivity contribution in [3.05, 3.63) is 60.2 Å². The number of β-amino-alcohol motifs (C(OH)–C–C–N with tert-alkyl or cyclic N) is 1. The molecule has 8 heteroatoms. The second-order valence-corrected chi connectivity index (χ2v) is 9.62. The van der Waals surface area contributed by atoms with Gasteiger partial charge >= 0.3 is 0 Å². The number of fused-ring (bicyclic) bond motifs is 2. The van der Waals surface area contributed by atoms with Gasteiger partial charge in [-0.25, -0.2) is 4.98 Å². The summed E-state index contributed by atoms with van der Waals surface area (Å²) in [4.78, 5) is 33.8. The van der Waals surface area contributed by atoms with E-state index in [9.17, 15) is 9.90 Å². The molecule has 1 amide bonds. The van der Waals surface area contributed by atoms with Crippen LogP contribution in [0.15, 0.2) is 48.8 Å². The molecule has 1 atom stereocenters. The Morgan fingerprint density at radius 2 is 2.06 bits per heavy atom. The van der Waals surface area contributed by atoms with Crippen LogP contribution in [0.2, 0.25) is 0 Å². The number of benzene rings is 1. The van der Waals surface area contributed by atoms with Gasteiger partial charge in [0.25, 0.3) is 5.91 Å². The van der Waals surface area contributed by atoms with Crippen LogP contribution in [-0.2, 0) is 0 Å². The zero-order valence-corrected chi connectivity index (χ0v) is 19.8. The van der Waals surface area contributed by atoms with Crippen LogP contribution in [-0.4, -0.2) is 68.1 Å². The van der Waals surface area contributed by atoms with Gasteiger partial charge in [-0.2, -0.15) is 0 Å². The predicted octanol–water partition coefficient (Wildman–Crippen LogP) is 3.73. The summed E-state index contributed by atoms with van der Waals surface area (Å²) >= 11 is 0. The monoisotopic (exact) mass is 458 g/mol. The van der Waals surface area contributed by atoms with Gasteiger partial charge in [-0.15, -0.1) is 0 Å². The van der Waals surface area contributed by atoms with Crippen molar-refractivity contribution in [3.63, 3.8) is 0 Å². The van der Waals surface area contributed by atoms with E-state index < -0.39 is 5.60 Å². The van der Waals surface area contributed by atoms with E-state index in [1.54, 1.807) is 30.4 Å².